The minimum Gasteiger partial charge on any atom is -0.396 e. The van der Waals surface area contributed by atoms with E-state index >= 15 is 0 Å². The van der Waals surface area contributed by atoms with Crippen LogP contribution in [0.25, 0.3) is 0 Å². The number of amides is 2. The maximum Gasteiger partial charge on any atom is 0.267 e. The lowest BCUT2D eigenvalue weighted by molar-refractivity contribution is -0.132. The maximum absolute atomic E-state index is 12.9. The molecule has 0 radical (unpaired) electrons. The molecule has 1 aliphatic heterocycles. The third-order valence-corrected chi connectivity index (χ3v) is 3.23. The van der Waals surface area contributed by atoms with Gasteiger partial charge in [-0.15, -0.1) is 0 Å². The zero-order chi connectivity index (χ0) is 15.9. The van der Waals surface area contributed by atoms with E-state index in [0.29, 0.717) is 25.1 Å². The molecule has 1 aromatic carbocycles. The van der Waals surface area contributed by atoms with Crippen LogP contribution in [0, 0.1) is 5.82 Å². The van der Waals surface area contributed by atoms with E-state index in [4.69, 9.17) is 5.11 Å². The van der Waals surface area contributed by atoms with Gasteiger partial charge in [-0.1, -0.05) is 12.1 Å². The lowest BCUT2D eigenvalue weighted by Crippen LogP contribution is -2.39. The van der Waals surface area contributed by atoms with Crippen molar-refractivity contribution in [2.45, 2.75) is 25.8 Å². The van der Waals surface area contributed by atoms with Crippen molar-refractivity contribution in [3.8, 4) is 0 Å². The fourth-order valence-corrected chi connectivity index (χ4v) is 2.03. The van der Waals surface area contributed by atoms with E-state index in [2.05, 4.69) is 10.4 Å². The number of carbonyl (C=O) groups is 2. The van der Waals surface area contributed by atoms with E-state index in [0.717, 1.165) is 5.56 Å². The Hall–Kier alpha value is -2.28. The van der Waals surface area contributed by atoms with E-state index in [-0.39, 0.29) is 37.2 Å². The molecule has 0 aliphatic carbocycles. The molecule has 2 amide bonds. The van der Waals surface area contributed by atoms with Gasteiger partial charge in [0.2, 0.25) is 5.91 Å². The summed E-state index contributed by atoms with van der Waals surface area (Å²) in [7, 11) is 0. The Morgan fingerprint density at radius 2 is 2.05 bits per heavy atom. The molecule has 1 heterocycles. The van der Waals surface area contributed by atoms with E-state index in [1.807, 2.05) is 0 Å². The van der Waals surface area contributed by atoms with Crippen molar-refractivity contribution in [1.82, 2.24) is 10.3 Å². The molecular weight excluding hydrogens is 289 g/mol. The highest BCUT2D eigenvalue weighted by molar-refractivity contribution is 6.39. The van der Waals surface area contributed by atoms with Crippen LogP contribution in [0.15, 0.2) is 29.4 Å². The Morgan fingerprint density at radius 3 is 2.73 bits per heavy atom. The first-order chi connectivity index (χ1) is 10.6. The summed E-state index contributed by atoms with van der Waals surface area (Å²) >= 11 is 0. The average molecular weight is 307 g/mol. The standard InChI is InChI=1S/C15H18FN3O3/c16-12-4-2-11(3-5-12)10-19-14(21)7-6-13(18-19)15(22)17-8-1-9-20/h2-5,20H,1,6-10H2,(H,17,22). The van der Waals surface area contributed by atoms with E-state index in [9.17, 15) is 14.0 Å². The number of aliphatic hydroxyl groups is 1. The van der Waals surface area contributed by atoms with Crippen LogP contribution in [-0.2, 0) is 16.1 Å². The minimum atomic E-state index is -0.346. The molecule has 118 valence electrons. The van der Waals surface area contributed by atoms with E-state index in [1.165, 1.54) is 17.1 Å². The highest BCUT2D eigenvalue weighted by Crippen LogP contribution is 2.14. The van der Waals surface area contributed by atoms with Gasteiger partial charge in [0.15, 0.2) is 0 Å². The topological polar surface area (TPSA) is 82.0 Å². The second-order valence-electron chi connectivity index (χ2n) is 4.96. The van der Waals surface area contributed by atoms with Crippen LogP contribution in [0.4, 0.5) is 4.39 Å². The summed E-state index contributed by atoms with van der Waals surface area (Å²) in [5, 5.41) is 16.7. The summed E-state index contributed by atoms with van der Waals surface area (Å²) in [4.78, 5) is 23.8. The molecule has 1 aromatic rings. The third kappa shape index (κ3) is 4.36. The molecule has 7 heteroatoms. The van der Waals surface area contributed by atoms with Crippen molar-refractivity contribution in [1.29, 1.82) is 0 Å². The smallest absolute Gasteiger partial charge is 0.267 e. The molecule has 22 heavy (non-hydrogen) atoms. The van der Waals surface area contributed by atoms with Gasteiger partial charge >= 0.3 is 0 Å². The molecule has 0 saturated carbocycles. The van der Waals surface area contributed by atoms with Gasteiger partial charge in [-0.3, -0.25) is 9.59 Å². The summed E-state index contributed by atoms with van der Waals surface area (Å²) in [5.41, 5.74) is 1.03. The number of nitrogens with one attached hydrogen (secondary N) is 1. The van der Waals surface area contributed by atoms with Crippen LogP contribution in [0.2, 0.25) is 0 Å². The monoisotopic (exact) mass is 307 g/mol. The molecular formula is C15H18FN3O3. The van der Waals surface area contributed by atoms with Crippen molar-refractivity contribution < 1.29 is 19.1 Å². The molecule has 2 rings (SSSR count). The zero-order valence-corrected chi connectivity index (χ0v) is 12.1. The fourth-order valence-electron chi connectivity index (χ4n) is 2.03. The van der Waals surface area contributed by atoms with Crippen LogP contribution in [0.3, 0.4) is 0 Å². The first-order valence-corrected chi connectivity index (χ1v) is 7.11. The zero-order valence-electron chi connectivity index (χ0n) is 12.1. The van der Waals surface area contributed by atoms with Gasteiger partial charge < -0.3 is 10.4 Å². The number of rotatable bonds is 6. The number of hydrazone groups is 1. The van der Waals surface area contributed by atoms with Gasteiger partial charge in [-0.2, -0.15) is 5.10 Å². The average Bonchev–Trinajstić information content (AvgIpc) is 2.52. The highest BCUT2D eigenvalue weighted by Gasteiger charge is 2.24. The number of halogens is 1. The maximum atomic E-state index is 12.9. The molecule has 0 atom stereocenters. The summed E-state index contributed by atoms with van der Waals surface area (Å²) in [5.74, 6) is -0.845. The lowest BCUT2D eigenvalue weighted by Gasteiger charge is -2.23. The lowest BCUT2D eigenvalue weighted by atomic mass is 10.1. The Morgan fingerprint density at radius 1 is 1.32 bits per heavy atom. The third-order valence-electron chi connectivity index (χ3n) is 3.23. The number of hydrogen-bond acceptors (Lipinski definition) is 4. The molecule has 0 spiro atoms. The number of benzene rings is 1. The molecule has 0 aromatic heterocycles. The van der Waals surface area contributed by atoms with Gasteiger partial charge in [-0.25, -0.2) is 9.40 Å². The van der Waals surface area contributed by atoms with E-state index in [1.54, 1.807) is 12.1 Å². The van der Waals surface area contributed by atoms with Crippen LogP contribution in [0.5, 0.6) is 0 Å². The van der Waals surface area contributed by atoms with Gasteiger partial charge in [0.05, 0.1) is 6.54 Å². The quantitative estimate of drug-likeness (QED) is 0.763. The van der Waals surface area contributed by atoms with Crippen molar-refractivity contribution in [2.75, 3.05) is 13.2 Å². The van der Waals surface area contributed by atoms with E-state index < -0.39 is 0 Å². The molecule has 1 aliphatic rings. The largest absolute Gasteiger partial charge is 0.396 e. The van der Waals surface area contributed by atoms with Crippen LogP contribution >= 0.6 is 0 Å². The number of hydrogen-bond donors (Lipinski definition) is 2. The Balaban J connectivity index is 2.02. The van der Waals surface area contributed by atoms with Crippen LogP contribution in [0.1, 0.15) is 24.8 Å². The first kappa shape index (κ1) is 16.1. The summed E-state index contributed by atoms with van der Waals surface area (Å²) in [6.45, 7) is 0.564. The minimum absolute atomic E-state index is 0.00192. The van der Waals surface area contributed by atoms with Gasteiger partial charge in [0.1, 0.15) is 11.5 Å². The normalized spacial score (nSPS) is 14.7. The molecule has 6 nitrogen and oxygen atoms in total. The van der Waals surface area contributed by atoms with Crippen molar-refractivity contribution in [3.05, 3.63) is 35.6 Å². The highest BCUT2D eigenvalue weighted by atomic mass is 19.1. The number of carbonyl (C=O) groups excluding carboxylic acids is 2. The van der Waals surface area contributed by atoms with Crippen molar-refractivity contribution in [3.63, 3.8) is 0 Å². The summed E-state index contributed by atoms with van der Waals surface area (Å²) in [6, 6.07) is 5.79. The van der Waals surface area contributed by atoms with Crippen molar-refractivity contribution in [2.24, 2.45) is 5.10 Å². The summed E-state index contributed by atoms with van der Waals surface area (Å²) in [6.07, 6.45) is 0.981. The first-order valence-electron chi connectivity index (χ1n) is 7.11. The summed E-state index contributed by atoms with van der Waals surface area (Å²) < 4.78 is 12.9. The van der Waals surface area contributed by atoms with Crippen LogP contribution < -0.4 is 5.32 Å². The Labute approximate surface area is 127 Å². The molecule has 0 saturated heterocycles. The predicted molar refractivity (Wildman–Crippen MR) is 78.3 cm³/mol. The van der Waals surface area contributed by atoms with Crippen LogP contribution in [-0.4, -0.2) is 40.8 Å². The molecule has 0 bridgehead atoms. The molecule has 0 unspecified atom stereocenters. The second-order valence-corrected chi connectivity index (χ2v) is 4.96. The predicted octanol–water partition coefficient (Wildman–Crippen LogP) is 0.803. The molecule has 0 fully saturated rings. The fraction of sp³-hybridized carbons (Fsp3) is 0.400. The second kappa shape index (κ2) is 7.65. The number of aliphatic hydroxyl groups excluding tert-OH is 1. The SMILES string of the molecule is O=C(NCCCO)C1=NN(Cc2ccc(F)cc2)C(=O)CC1. The van der Waals surface area contributed by atoms with Gasteiger partial charge in [0, 0.05) is 26.0 Å². The number of nitrogens with zero attached hydrogens (tertiary/aromatic N) is 2. The molecule has 2 N–H and O–H groups in total. The Bertz CT molecular complexity index is 572. The Kier molecular flexibility index (Phi) is 5.60. The van der Waals surface area contributed by atoms with Gasteiger partial charge in [-0.05, 0) is 24.1 Å². The van der Waals surface area contributed by atoms with Gasteiger partial charge in [0.25, 0.3) is 5.91 Å². The van der Waals surface area contributed by atoms with Crippen molar-refractivity contribution >= 4 is 17.5 Å².